The summed E-state index contributed by atoms with van der Waals surface area (Å²) in [5, 5.41) is 0. The van der Waals surface area contributed by atoms with E-state index >= 15 is 0 Å². The van der Waals surface area contributed by atoms with Crippen molar-refractivity contribution in [3.63, 3.8) is 0 Å². The summed E-state index contributed by atoms with van der Waals surface area (Å²) in [5.74, 6) is 2.64. The third-order valence-electron chi connectivity index (χ3n) is 4.30. The lowest BCUT2D eigenvalue weighted by Gasteiger charge is -2.38. The fourth-order valence-electron chi connectivity index (χ4n) is 3.13. The van der Waals surface area contributed by atoms with Gasteiger partial charge in [-0.25, -0.2) is 0 Å². The molecule has 1 rings (SSSR count). The summed E-state index contributed by atoms with van der Waals surface area (Å²) in [4.78, 5) is 0. The van der Waals surface area contributed by atoms with Crippen LogP contribution >= 0.6 is 0 Å². The Morgan fingerprint density at radius 3 is 2.29 bits per heavy atom. The van der Waals surface area contributed by atoms with Crippen molar-refractivity contribution in [1.29, 1.82) is 0 Å². The van der Waals surface area contributed by atoms with Gasteiger partial charge in [-0.1, -0.05) is 40.0 Å². The van der Waals surface area contributed by atoms with Crippen molar-refractivity contribution in [3.05, 3.63) is 0 Å². The second-order valence-corrected chi connectivity index (χ2v) is 4.99. The predicted molar refractivity (Wildman–Crippen MR) is 63.2 cm³/mol. The third-order valence-corrected chi connectivity index (χ3v) is 4.30. The van der Waals surface area contributed by atoms with Crippen LogP contribution < -0.4 is 5.73 Å². The molecule has 2 N–H and O–H groups in total. The van der Waals surface area contributed by atoms with Gasteiger partial charge in [0.05, 0.1) is 0 Å². The van der Waals surface area contributed by atoms with E-state index in [9.17, 15) is 0 Å². The van der Waals surface area contributed by atoms with Gasteiger partial charge < -0.3 is 5.73 Å². The molecule has 0 aliphatic heterocycles. The molecule has 1 nitrogen and oxygen atoms in total. The van der Waals surface area contributed by atoms with Crippen LogP contribution in [0.25, 0.3) is 0 Å². The van der Waals surface area contributed by atoms with E-state index < -0.39 is 0 Å². The molecule has 0 radical (unpaired) electrons. The van der Waals surface area contributed by atoms with Crippen LogP contribution in [0.1, 0.15) is 59.3 Å². The van der Waals surface area contributed by atoms with Crippen molar-refractivity contribution >= 4 is 0 Å². The summed E-state index contributed by atoms with van der Waals surface area (Å²) < 4.78 is 0. The van der Waals surface area contributed by atoms with E-state index in [4.69, 9.17) is 5.73 Å². The van der Waals surface area contributed by atoms with Gasteiger partial charge in [0, 0.05) is 6.04 Å². The van der Waals surface area contributed by atoms with E-state index in [0.717, 1.165) is 17.8 Å². The van der Waals surface area contributed by atoms with Crippen LogP contribution in [0.5, 0.6) is 0 Å². The predicted octanol–water partition coefficient (Wildman–Crippen LogP) is 3.58. The Balaban J connectivity index is 2.54. The normalized spacial score (nSPS) is 33.6. The zero-order chi connectivity index (χ0) is 10.6. The summed E-state index contributed by atoms with van der Waals surface area (Å²) in [7, 11) is 0. The SMILES string of the molecule is CCC1CCC(N)C(C(CC)CC)C1. The van der Waals surface area contributed by atoms with E-state index in [0.29, 0.717) is 6.04 Å². The second kappa shape index (κ2) is 5.75. The van der Waals surface area contributed by atoms with Crippen molar-refractivity contribution in [2.45, 2.75) is 65.3 Å². The molecule has 0 aromatic rings. The molecule has 3 atom stereocenters. The van der Waals surface area contributed by atoms with Crippen LogP contribution in [0.15, 0.2) is 0 Å². The van der Waals surface area contributed by atoms with Crippen molar-refractivity contribution < 1.29 is 0 Å². The Morgan fingerprint density at radius 2 is 1.79 bits per heavy atom. The molecule has 0 saturated heterocycles. The molecule has 1 fully saturated rings. The summed E-state index contributed by atoms with van der Waals surface area (Å²) in [6.45, 7) is 6.96. The molecule has 1 aliphatic rings. The summed E-state index contributed by atoms with van der Waals surface area (Å²) in [5.41, 5.74) is 6.25. The maximum atomic E-state index is 6.25. The zero-order valence-corrected chi connectivity index (χ0v) is 10.1. The molecule has 0 spiro atoms. The molecule has 84 valence electrons. The highest BCUT2D eigenvalue weighted by Gasteiger charge is 2.31. The first-order valence-electron chi connectivity index (χ1n) is 6.48. The van der Waals surface area contributed by atoms with Crippen LogP contribution in [0.4, 0.5) is 0 Å². The molecule has 1 heteroatoms. The zero-order valence-electron chi connectivity index (χ0n) is 10.1. The smallest absolute Gasteiger partial charge is 0.00700 e. The van der Waals surface area contributed by atoms with Crippen molar-refractivity contribution in [1.82, 2.24) is 0 Å². The molecule has 0 heterocycles. The van der Waals surface area contributed by atoms with Crippen molar-refractivity contribution in [3.8, 4) is 0 Å². The molecular formula is C13H27N. The van der Waals surface area contributed by atoms with Gasteiger partial charge in [0.2, 0.25) is 0 Å². The number of hydrogen-bond acceptors (Lipinski definition) is 1. The minimum absolute atomic E-state index is 0.489. The number of rotatable bonds is 4. The molecule has 0 aromatic carbocycles. The molecule has 14 heavy (non-hydrogen) atoms. The first-order chi connectivity index (χ1) is 6.72. The first-order valence-corrected chi connectivity index (χ1v) is 6.48. The largest absolute Gasteiger partial charge is 0.327 e. The number of nitrogens with two attached hydrogens (primary N) is 1. The Bertz CT molecular complexity index is 151. The minimum atomic E-state index is 0.489. The van der Waals surface area contributed by atoms with Gasteiger partial charge in [0.15, 0.2) is 0 Å². The molecule has 0 aromatic heterocycles. The molecule has 1 saturated carbocycles. The van der Waals surface area contributed by atoms with Crippen LogP contribution in [0, 0.1) is 17.8 Å². The molecule has 3 unspecified atom stereocenters. The topological polar surface area (TPSA) is 26.0 Å². The van der Waals surface area contributed by atoms with E-state index in [1.54, 1.807) is 0 Å². The fourth-order valence-corrected chi connectivity index (χ4v) is 3.13. The Kier molecular flexibility index (Phi) is 4.94. The highest BCUT2D eigenvalue weighted by Crippen LogP contribution is 2.37. The number of hydrogen-bond donors (Lipinski definition) is 1. The van der Waals surface area contributed by atoms with Crippen LogP contribution in [0.3, 0.4) is 0 Å². The van der Waals surface area contributed by atoms with Gasteiger partial charge in [-0.2, -0.15) is 0 Å². The maximum absolute atomic E-state index is 6.25. The average molecular weight is 197 g/mol. The van der Waals surface area contributed by atoms with E-state index in [-0.39, 0.29) is 0 Å². The van der Waals surface area contributed by atoms with E-state index in [2.05, 4.69) is 20.8 Å². The van der Waals surface area contributed by atoms with Gasteiger partial charge in [-0.15, -0.1) is 0 Å². The summed E-state index contributed by atoms with van der Waals surface area (Å²) >= 11 is 0. The lowest BCUT2D eigenvalue weighted by Crippen LogP contribution is -2.40. The van der Waals surface area contributed by atoms with Crippen LogP contribution in [0.2, 0.25) is 0 Å². The monoisotopic (exact) mass is 197 g/mol. The lowest BCUT2D eigenvalue weighted by molar-refractivity contribution is 0.157. The summed E-state index contributed by atoms with van der Waals surface area (Å²) in [6, 6.07) is 0.489. The van der Waals surface area contributed by atoms with Gasteiger partial charge in [-0.05, 0) is 37.0 Å². The maximum Gasteiger partial charge on any atom is 0.00700 e. The Morgan fingerprint density at radius 1 is 1.14 bits per heavy atom. The standard InChI is InChI=1S/C13H27N/c1-4-10-7-8-13(14)12(9-10)11(5-2)6-3/h10-13H,4-9,14H2,1-3H3. The fraction of sp³-hybridized carbons (Fsp3) is 1.00. The van der Waals surface area contributed by atoms with Gasteiger partial charge in [0.1, 0.15) is 0 Å². The molecule has 0 bridgehead atoms. The molecule has 0 amide bonds. The highest BCUT2D eigenvalue weighted by molar-refractivity contribution is 4.85. The third kappa shape index (κ3) is 2.73. The summed E-state index contributed by atoms with van der Waals surface area (Å²) in [6.07, 6.45) is 8.00. The van der Waals surface area contributed by atoms with Crippen molar-refractivity contribution in [2.75, 3.05) is 0 Å². The Labute approximate surface area is 89.5 Å². The van der Waals surface area contributed by atoms with Crippen molar-refractivity contribution in [2.24, 2.45) is 23.5 Å². The molecular weight excluding hydrogens is 170 g/mol. The van der Waals surface area contributed by atoms with Gasteiger partial charge >= 0.3 is 0 Å². The van der Waals surface area contributed by atoms with Gasteiger partial charge in [0.25, 0.3) is 0 Å². The average Bonchev–Trinajstić information content (AvgIpc) is 2.22. The van der Waals surface area contributed by atoms with Gasteiger partial charge in [-0.3, -0.25) is 0 Å². The lowest BCUT2D eigenvalue weighted by atomic mass is 9.70. The molecule has 1 aliphatic carbocycles. The van der Waals surface area contributed by atoms with Crippen LogP contribution in [-0.2, 0) is 0 Å². The first kappa shape index (κ1) is 12.0. The Hall–Kier alpha value is -0.0400. The highest BCUT2D eigenvalue weighted by atomic mass is 14.7. The van der Waals surface area contributed by atoms with E-state index in [1.807, 2.05) is 0 Å². The van der Waals surface area contributed by atoms with E-state index in [1.165, 1.54) is 38.5 Å². The van der Waals surface area contributed by atoms with Crippen LogP contribution in [-0.4, -0.2) is 6.04 Å². The minimum Gasteiger partial charge on any atom is -0.327 e. The second-order valence-electron chi connectivity index (χ2n) is 4.99. The quantitative estimate of drug-likeness (QED) is 0.732.